The Kier molecular flexibility index (Phi) is 24.9. The average Bonchev–Trinajstić information content (AvgIpc) is 3.94. The van der Waals surface area contributed by atoms with Gasteiger partial charge in [-0.15, -0.1) is 0 Å². The smallest absolute Gasteiger partial charge is 0.326 e. The molecule has 0 bridgehead atoms. The Hall–Kier alpha value is -5.95. The number of amides is 10. The van der Waals surface area contributed by atoms with E-state index in [2.05, 4.69) is 47.9 Å². The number of carboxylic acid groups (broad SMARTS) is 1. The van der Waals surface area contributed by atoms with Gasteiger partial charge in [-0.25, -0.2) is 4.79 Å². The minimum absolute atomic E-state index is 0.0867. The third-order valence-electron chi connectivity index (χ3n) is 11.2. The van der Waals surface area contributed by atoms with E-state index in [9.17, 15) is 63.0 Å². The molecule has 2 rings (SSSR count). The van der Waals surface area contributed by atoms with E-state index >= 15 is 0 Å². The van der Waals surface area contributed by atoms with Crippen LogP contribution < -0.4 is 59.3 Å². The van der Waals surface area contributed by atoms with Crippen molar-refractivity contribution in [1.29, 1.82) is 0 Å². The molecule has 0 unspecified atom stereocenters. The summed E-state index contributed by atoms with van der Waals surface area (Å²) in [5.74, 6) is -8.66. The van der Waals surface area contributed by atoms with Gasteiger partial charge in [-0.3, -0.25) is 47.9 Å². The number of rotatable bonds is 29. The number of nitrogens with two attached hydrogens (primary N) is 2. The Morgan fingerprint density at radius 1 is 0.662 bits per heavy atom. The van der Waals surface area contributed by atoms with Gasteiger partial charge in [-0.1, -0.05) is 27.7 Å². The monoisotopic (exact) mass is 967 g/mol. The van der Waals surface area contributed by atoms with E-state index < -0.39 is 133 Å². The molecule has 68 heavy (non-hydrogen) atoms. The fourth-order valence-electron chi connectivity index (χ4n) is 7.52. The maximum absolute atomic E-state index is 13.5. The summed E-state index contributed by atoms with van der Waals surface area (Å²) in [6, 6.07) is -8.88. The Morgan fingerprint density at radius 2 is 1.25 bits per heavy atom. The van der Waals surface area contributed by atoms with E-state index in [-0.39, 0.29) is 63.5 Å². The number of nitrogens with one attached hydrogen (secondary N) is 9. The zero-order chi connectivity index (χ0) is 51.2. The second-order valence-corrected chi connectivity index (χ2v) is 18.2. The molecule has 0 aromatic rings. The molecule has 0 spiro atoms. The summed E-state index contributed by atoms with van der Waals surface area (Å²) in [4.78, 5) is 143. The van der Waals surface area contributed by atoms with Gasteiger partial charge in [0, 0.05) is 19.5 Å². The lowest BCUT2D eigenvalue weighted by atomic mass is 10.0. The number of primary amides is 1. The first-order valence-corrected chi connectivity index (χ1v) is 23.2. The molecule has 0 aromatic carbocycles. The predicted octanol–water partition coefficient (Wildman–Crippen LogP) is -4.55. The highest BCUT2D eigenvalue weighted by atomic mass is 16.4. The van der Waals surface area contributed by atoms with Gasteiger partial charge in [0.1, 0.15) is 42.3 Å². The van der Waals surface area contributed by atoms with Crippen molar-refractivity contribution in [3.63, 3.8) is 0 Å². The first-order valence-electron chi connectivity index (χ1n) is 23.2. The zero-order valence-corrected chi connectivity index (χ0v) is 39.9. The molecule has 2 heterocycles. The average molecular weight is 967 g/mol. The number of carbonyl (C=O) groups excluding carboxylic acids is 10. The summed E-state index contributed by atoms with van der Waals surface area (Å²) in [6.45, 7) is 9.53. The maximum Gasteiger partial charge on any atom is 0.326 e. The lowest BCUT2D eigenvalue weighted by Gasteiger charge is -2.26. The lowest BCUT2D eigenvalue weighted by molar-refractivity contribution is -0.144. The number of β-amino-alcohol motifs (C(OH)–C–C–N with tert-alkyl or cyclic N) is 1. The minimum atomic E-state index is -1.36. The number of aliphatic carboxylic acids is 1. The molecule has 384 valence electrons. The van der Waals surface area contributed by atoms with Crippen LogP contribution in [0.5, 0.6) is 0 Å². The highest BCUT2D eigenvalue weighted by Crippen LogP contribution is 2.18. The van der Waals surface area contributed by atoms with Crippen molar-refractivity contribution < 1.29 is 63.0 Å². The van der Waals surface area contributed by atoms with Gasteiger partial charge in [0.15, 0.2) is 0 Å². The Labute approximate surface area is 396 Å². The van der Waals surface area contributed by atoms with E-state index in [4.69, 9.17) is 11.5 Å². The molecule has 2 aliphatic rings. The van der Waals surface area contributed by atoms with E-state index in [1.165, 1.54) is 18.7 Å². The highest BCUT2D eigenvalue weighted by molar-refractivity contribution is 5.97. The van der Waals surface area contributed by atoms with Crippen LogP contribution in [0, 0.1) is 11.8 Å². The van der Waals surface area contributed by atoms with Gasteiger partial charge in [-0.05, 0) is 90.0 Å². The molecule has 10 amide bonds. The van der Waals surface area contributed by atoms with E-state index in [1.807, 2.05) is 0 Å². The molecular weight excluding hydrogens is 893 g/mol. The fourth-order valence-corrected chi connectivity index (χ4v) is 7.52. The van der Waals surface area contributed by atoms with Crippen LogP contribution in [0.2, 0.25) is 0 Å². The normalized spacial score (nSPS) is 19.3. The van der Waals surface area contributed by atoms with Crippen molar-refractivity contribution in [3.05, 3.63) is 0 Å². The Balaban J connectivity index is 2.00. The quantitative estimate of drug-likeness (QED) is 0.0314. The summed E-state index contributed by atoms with van der Waals surface area (Å²) in [5, 5.41) is 42.1. The molecule has 0 radical (unpaired) electrons. The topological polar surface area (TPSA) is 392 Å². The van der Waals surface area contributed by atoms with Crippen molar-refractivity contribution in [1.82, 2.24) is 52.8 Å². The predicted molar refractivity (Wildman–Crippen MR) is 244 cm³/mol. The summed E-state index contributed by atoms with van der Waals surface area (Å²) in [6.07, 6.45) is 1.10. The molecule has 2 aliphatic heterocycles. The SMILES string of the molecule is CC(C)C[C@H](NC(=O)CNC(=O)[C@H](CC(C)C)NC(=O)[C@H](CCC(N)=O)NC(=O)[C@H](C)NC(=O)[C@@H]1C[C@@H](O)CN1)C(=O)N[C@@H](C)C(=O)NCC(=O)N1CCC[C@H]1C(=O)N[C@@H](CCCCN)C(=O)O. The molecule has 2 fully saturated rings. The first kappa shape index (κ1) is 58.2. The third kappa shape index (κ3) is 20.5. The summed E-state index contributed by atoms with van der Waals surface area (Å²) >= 11 is 0. The maximum atomic E-state index is 13.5. The second kappa shape index (κ2) is 29.1. The Morgan fingerprint density at radius 3 is 1.82 bits per heavy atom. The summed E-state index contributed by atoms with van der Waals surface area (Å²) < 4.78 is 0. The Bertz CT molecular complexity index is 1800. The van der Waals surface area contributed by atoms with Crippen LogP contribution in [0.15, 0.2) is 0 Å². The molecule has 15 N–H and O–H groups in total. The van der Waals surface area contributed by atoms with E-state index in [0.29, 0.717) is 32.2 Å². The van der Waals surface area contributed by atoms with E-state index in [1.54, 1.807) is 27.7 Å². The number of unbranched alkanes of at least 4 members (excludes halogenated alkanes) is 1. The third-order valence-corrected chi connectivity index (χ3v) is 11.2. The van der Waals surface area contributed by atoms with Gasteiger partial charge >= 0.3 is 5.97 Å². The van der Waals surface area contributed by atoms with Gasteiger partial charge < -0.3 is 74.4 Å². The zero-order valence-electron chi connectivity index (χ0n) is 39.9. The number of hydrogen-bond donors (Lipinski definition) is 13. The molecule has 2 saturated heterocycles. The number of hydrogen-bond acceptors (Lipinski definition) is 14. The number of aliphatic hydroxyl groups excluding tert-OH is 1. The molecule has 25 heteroatoms. The van der Waals surface area contributed by atoms with Crippen molar-refractivity contribution >= 4 is 65.0 Å². The number of aliphatic hydroxyl groups is 1. The molecule has 9 atom stereocenters. The molecule has 0 aliphatic carbocycles. The first-order chi connectivity index (χ1) is 31.9. The minimum Gasteiger partial charge on any atom is -0.480 e. The van der Waals surface area contributed by atoms with Crippen molar-refractivity contribution in [2.45, 2.75) is 160 Å². The van der Waals surface area contributed by atoms with E-state index in [0.717, 1.165) is 0 Å². The summed E-state index contributed by atoms with van der Waals surface area (Å²) in [7, 11) is 0. The van der Waals surface area contributed by atoms with Gasteiger partial charge in [-0.2, -0.15) is 0 Å². The number of carbonyl (C=O) groups is 11. The summed E-state index contributed by atoms with van der Waals surface area (Å²) in [5.41, 5.74) is 10.8. The van der Waals surface area contributed by atoms with Crippen molar-refractivity contribution in [3.8, 4) is 0 Å². The molecule has 0 saturated carbocycles. The van der Waals surface area contributed by atoms with Gasteiger partial charge in [0.05, 0.1) is 25.2 Å². The molecular formula is C43H74N12O13. The molecule has 25 nitrogen and oxygen atoms in total. The van der Waals surface area contributed by atoms with Crippen LogP contribution in [0.1, 0.15) is 106 Å². The van der Waals surface area contributed by atoms with Gasteiger partial charge in [0.2, 0.25) is 59.1 Å². The van der Waals surface area contributed by atoms with Crippen molar-refractivity contribution in [2.24, 2.45) is 23.3 Å². The lowest BCUT2D eigenvalue weighted by Crippen LogP contribution is -2.58. The van der Waals surface area contributed by atoms with Crippen LogP contribution in [-0.4, -0.2) is 167 Å². The van der Waals surface area contributed by atoms with Crippen LogP contribution in [0.25, 0.3) is 0 Å². The second-order valence-electron chi connectivity index (χ2n) is 18.2. The van der Waals surface area contributed by atoms with Crippen LogP contribution in [0.3, 0.4) is 0 Å². The largest absolute Gasteiger partial charge is 0.480 e. The van der Waals surface area contributed by atoms with Crippen LogP contribution >= 0.6 is 0 Å². The van der Waals surface area contributed by atoms with Crippen molar-refractivity contribution in [2.75, 3.05) is 32.7 Å². The highest BCUT2D eigenvalue weighted by Gasteiger charge is 2.37. The fraction of sp³-hybridized carbons (Fsp3) is 0.744. The van der Waals surface area contributed by atoms with Crippen LogP contribution in [-0.2, 0) is 52.7 Å². The van der Waals surface area contributed by atoms with Gasteiger partial charge in [0.25, 0.3) is 0 Å². The number of nitrogens with zero attached hydrogens (tertiary/aromatic N) is 1. The number of likely N-dealkylation sites (tertiary alicyclic amines) is 1. The van der Waals surface area contributed by atoms with Crippen LogP contribution in [0.4, 0.5) is 0 Å². The molecule has 0 aromatic heterocycles. The standard InChI is InChI=1S/C43H74N12O13/c1-22(2)16-30(54-39(63)27(12-13-33(45)57)52-37(61)25(6)50-40(64)29-18-26(56)19-46-29)38(62)47-20-34(58)51-31(17-23(3)4)41(65)49-24(5)36(60)48-21-35(59)55-15-9-11-32(55)42(66)53-28(43(67)68)10-7-8-14-44/h22-32,46,56H,7-21,44H2,1-6H3,(H2,45,57)(H,47,62)(H,48,60)(H,49,65)(H,50,64)(H,51,58)(H,52,61)(H,53,66)(H,54,63)(H,67,68)/t24-,25-,26+,27-,28-,29-,30-,31-,32-/m0/s1. The number of carboxylic acids is 1.